The number of carbonyl (C=O) groups excluding carboxylic acids is 1. The Morgan fingerprint density at radius 2 is 1.83 bits per heavy atom. The van der Waals surface area contributed by atoms with Gasteiger partial charge in [-0.3, -0.25) is 9.78 Å². The molecule has 0 aliphatic rings. The molecule has 12 heteroatoms. The average Bonchev–Trinajstić information content (AvgIpc) is 3.71. The van der Waals surface area contributed by atoms with E-state index in [0.29, 0.717) is 39.0 Å². The number of hydrogen-bond acceptors (Lipinski definition) is 9. The Labute approximate surface area is 267 Å². The van der Waals surface area contributed by atoms with Crippen molar-refractivity contribution in [2.75, 3.05) is 11.9 Å². The molecule has 0 radical (unpaired) electrons. The van der Waals surface area contributed by atoms with Gasteiger partial charge in [0.25, 0.3) is 5.91 Å². The lowest BCUT2D eigenvalue weighted by atomic mass is 10.0. The first kappa shape index (κ1) is 30.4. The van der Waals surface area contributed by atoms with E-state index in [9.17, 15) is 19.6 Å². The number of rotatable bonds is 10. The van der Waals surface area contributed by atoms with Crippen LogP contribution in [-0.4, -0.2) is 48.9 Å². The SMILES string of the molecule is CC(C)(O)[C@H](F)CNC(=O)c1cnc(-c2ccc3cc(C#N)cnn23)cc1Nc1nc(-c2ccc(Oc3ccccc3)cc2)cs1. The zero-order valence-corrected chi connectivity index (χ0v) is 25.6. The zero-order chi connectivity index (χ0) is 32.3. The highest BCUT2D eigenvalue weighted by molar-refractivity contribution is 7.14. The maximum Gasteiger partial charge on any atom is 0.255 e. The number of nitrogens with one attached hydrogen (secondary N) is 2. The standard InChI is InChI=1S/C34H28FN7O3S/c1-34(2,44)31(35)19-38-32(43)26-18-37-28(30-13-10-23-14-21(16-36)17-39-42(23)30)15-27(26)40-33-41-29(20-46-33)22-8-11-25(12-9-22)45-24-6-4-3-5-7-24/h3-15,17-18,20,31,44H,19H2,1-2H3,(H,38,43)(H,37,40,41)/t31-/m1/s1. The Bertz CT molecular complexity index is 2050. The van der Waals surface area contributed by atoms with Gasteiger partial charge in [0.1, 0.15) is 23.7 Å². The van der Waals surface area contributed by atoms with Gasteiger partial charge in [0.05, 0.1) is 57.8 Å². The summed E-state index contributed by atoms with van der Waals surface area (Å²) >= 11 is 1.35. The number of aromatic nitrogens is 4. The Morgan fingerprint density at radius 3 is 2.57 bits per heavy atom. The summed E-state index contributed by atoms with van der Waals surface area (Å²) in [6.07, 6.45) is 1.18. The van der Waals surface area contributed by atoms with Crippen molar-refractivity contribution < 1.29 is 19.0 Å². The minimum absolute atomic E-state index is 0.159. The van der Waals surface area contributed by atoms with Crippen LogP contribution in [0.5, 0.6) is 11.5 Å². The monoisotopic (exact) mass is 633 g/mol. The minimum atomic E-state index is -1.68. The predicted octanol–water partition coefficient (Wildman–Crippen LogP) is 6.77. The van der Waals surface area contributed by atoms with Crippen LogP contribution in [0.2, 0.25) is 0 Å². The lowest BCUT2D eigenvalue weighted by molar-refractivity contribution is -0.00177. The topological polar surface area (TPSA) is 137 Å². The van der Waals surface area contributed by atoms with Crippen LogP contribution in [0.3, 0.4) is 0 Å². The number of anilines is 2. The van der Waals surface area contributed by atoms with Crippen LogP contribution in [0.4, 0.5) is 15.2 Å². The maximum absolute atomic E-state index is 14.4. The van der Waals surface area contributed by atoms with Crippen molar-refractivity contribution in [1.82, 2.24) is 24.9 Å². The Hall–Kier alpha value is -5.64. The lowest BCUT2D eigenvalue weighted by Crippen LogP contribution is -2.42. The smallest absolute Gasteiger partial charge is 0.255 e. The summed E-state index contributed by atoms with van der Waals surface area (Å²) < 4.78 is 22.0. The molecule has 2 aromatic carbocycles. The molecule has 4 aromatic heterocycles. The quantitative estimate of drug-likeness (QED) is 0.150. The van der Waals surface area contributed by atoms with E-state index in [0.717, 1.165) is 17.0 Å². The summed E-state index contributed by atoms with van der Waals surface area (Å²) in [4.78, 5) is 22.5. The molecule has 46 heavy (non-hydrogen) atoms. The molecule has 0 aliphatic carbocycles. The maximum atomic E-state index is 14.4. The summed E-state index contributed by atoms with van der Waals surface area (Å²) in [5.41, 5.74) is 2.80. The number of halogens is 1. The Balaban J connectivity index is 1.28. The number of pyridine rings is 1. The summed E-state index contributed by atoms with van der Waals surface area (Å²) in [7, 11) is 0. The second-order valence-corrected chi connectivity index (χ2v) is 11.8. The fourth-order valence-corrected chi connectivity index (χ4v) is 5.29. The molecule has 0 saturated carbocycles. The van der Waals surface area contributed by atoms with Gasteiger partial charge in [-0.25, -0.2) is 13.9 Å². The number of carbonyl (C=O) groups is 1. The molecule has 6 rings (SSSR count). The highest BCUT2D eigenvalue weighted by atomic mass is 32.1. The molecule has 3 N–H and O–H groups in total. The fraction of sp³-hybridized carbons (Fsp3) is 0.147. The van der Waals surface area contributed by atoms with Crippen LogP contribution < -0.4 is 15.4 Å². The number of aliphatic hydroxyl groups is 1. The number of para-hydroxylation sites is 1. The molecule has 6 aromatic rings. The van der Waals surface area contributed by atoms with Gasteiger partial charge in [0, 0.05) is 17.1 Å². The van der Waals surface area contributed by atoms with Gasteiger partial charge in [0.2, 0.25) is 0 Å². The number of thiazole rings is 1. The summed E-state index contributed by atoms with van der Waals surface area (Å²) in [5, 5.41) is 31.8. The number of nitriles is 1. The van der Waals surface area contributed by atoms with Gasteiger partial charge in [-0.05, 0) is 74.5 Å². The van der Waals surface area contributed by atoms with E-state index in [2.05, 4.69) is 26.8 Å². The van der Waals surface area contributed by atoms with Crippen LogP contribution in [0.1, 0.15) is 29.8 Å². The molecular weight excluding hydrogens is 605 g/mol. The third-order valence-electron chi connectivity index (χ3n) is 7.12. The number of fused-ring (bicyclic) bond motifs is 1. The molecular formula is C34H28FN7O3S. The van der Waals surface area contributed by atoms with E-state index in [1.165, 1.54) is 37.6 Å². The van der Waals surface area contributed by atoms with E-state index in [4.69, 9.17) is 9.72 Å². The molecule has 4 heterocycles. The second-order valence-electron chi connectivity index (χ2n) is 11.0. The van der Waals surface area contributed by atoms with Crippen molar-refractivity contribution in [3.05, 3.63) is 108 Å². The number of nitrogens with zero attached hydrogens (tertiary/aromatic N) is 5. The molecule has 0 saturated heterocycles. The van der Waals surface area contributed by atoms with Crippen molar-refractivity contribution in [2.45, 2.75) is 25.6 Å². The van der Waals surface area contributed by atoms with E-state index in [1.54, 1.807) is 16.6 Å². The van der Waals surface area contributed by atoms with Crippen molar-refractivity contribution in [3.63, 3.8) is 0 Å². The first-order valence-electron chi connectivity index (χ1n) is 14.3. The Kier molecular flexibility index (Phi) is 8.43. The normalized spacial score (nSPS) is 12.0. The fourth-order valence-electron chi connectivity index (χ4n) is 4.56. The van der Waals surface area contributed by atoms with Gasteiger partial charge in [-0.1, -0.05) is 18.2 Å². The molecule has 0 spiro atoms. The highest BCUT2D eigenvalue weighted by Crippen LogP contribution is 2.32. The van der Waals surface area contributed by atoms with Crippen molar-refractivity contribution >= 4 is 33.6 Å². The number of hydrogen-bond donors (Lipinski definition) is 3. The molecule has 0 aliphatic heterocycles. The second kappa shape index (κ2) is 12.8. The molecule has 0 bridgehead atoms. The van der Waals surface area contributed by atoms with Crippen molar-refractivity contribution in [1.29, 1.82) is 5.26 Å². The molecule has 0 fully saturated rings. The number of alkyl halides is 1. The first-order chi connectivity index (χ1) is 22.2. The van der Waals surface area contributed by atoms with Crippen LogP contribution in [0, 0.1) is 11.3 Å². The summed E-state index contributed by atoms with van der Waals surface area (Å²) in [5.74, 6) is 0.862. The lowest BCUT2D eigenvalue weighted by Gasteiger charge is -2.22. The summed E-state index contributed by atoms with van der Waals surface area (Å²) in [6.45, 7) is 2.29. The minimum Gasteiger partial charge on any atom is -0.457 e. The number of benzene rings is 2. The molecule has 230 valence electrons. The first-order valence-corrected chi connectivity index (χ1v) is 15.1. The van der Waals surface area contributed by atoms with Gasteiger partial charge in [-0.15, -0.1) is 11.3 Å². The van der Waals surface area contributed by atoms with Gasteiger partial charge >= 0.3 is 0 Å². The summed E-state index contributed by atoms with van der Waals surface area (Å²) in [6, 6.07) is 26.2. The molecule has 1 atom stereocenters. The third kappa shape index (κ3) is 6.71. The predicted molar refractivity (Wildman–Crippen MR) is 174 cm³/mol. The third-order valence-corrected chi connectivity index (χ3v) is 7.88. The van der Waals surface area contributed by atoms with Gasteiger partial charge in [0.15, 0.2) is 5.13 Å². The molecule has 0 unspecified atom stereocenters. The van der Waals surface area contributed by atoms with E-state index in [-0.39, 0.29) is 12.1 Å². The molecule has 10 nitrogen and oxygen atoms in total. The average molecular weight is 634 g/mol. The van der Waals surface area contributed by atoms with Crippen molar-refractivity contribution in [3.8, 4) is 40.2 Å². The van der Waals surface area contributed by atoms with Crippen molar-refractivity contribution in [2.24, 2.45) is 0 Å². The van der Waals surface area contributed by atoms with Gasteiger partial charge < -0.3 is 20.5 Å². The van der Waals surface area contributed by atoms with Crippen LogP contribution in [0.25, 0.3) is 28.2 Å². The van der Waals surface area contributed by atoms with Gasteiger partial charge in [-0.2, -0.15) is 10.4 Å². The zero-order valence-electron chi connectivity index (χ0n) is 24.8. The number of ether oxygens (including phenoxy) is 1. The largest absolute Gasteiger partial charge is 0.457 e. The van der Waals surface area contributed by atoms with Crippen LogP contribution >= 0.6 is 11.3 Å². The Morgan fingerprint density at radius 1 is 1.07 bits per heavy atom. The number of amides is 1. The van der Waals surface area contributed by atoms with Crippen LogP contribution in [-0.2, 0) is 0 Å². The van der Waals surface area contributed by atoms with E-state index < -0.39 is 17.7 Å². The van der Waals surface area contributed by atoms with E-state index in [1.807, 2.05) is 72.1 Å². The van der Waals surface area contributed by atoms with Crippen LogP contribution in [0.15, 0.2) is 96.6 Å². The molecule has 1 amide bonds. The highest BCUT2D eigenvalue weighted by Gasteiger charge is 2.27. The van der Waals surface area contributed by atoms with E-state index >= 15 is 0 Å².